The number of hydrogen-bond donors (Lipinski definition) is 0. The van der Waals surface area contributed by atoms with E-state index in [0.29, 0.717) is 6.10 Å². The van der Waals surface area contributed by atoms with Crippen LogP contribution < -0.4 is 4.90 Å². The molecule has 1 aliphatic rings. The molecule has 20 heavy (non-hydrogen) atoms. The third-order valence-corrected chi connectivity index (χ3v) is 4.36. The smallest absolute Gasteiger partial charge is 0.208 e. The van der Waals surface area contributed by atoms with Gasteiger partial charge in [0, 0.05) is 25.9 Å². The van der Waals surface area contributed by atoms with Crippen LogP contribution in [0.3, 0.4) is 0 Å². The van der Waals surface area contributed by atoms with E-state index in [1.54, 1.807) is 17.5 Å². The number of piperidine rings is 1. The molecule has 0 radical (unpaired) electrons. The zero-order valence-electron chi connectivity index (χ0n) is 11.5. The topological polar surface area (TPSA) is 51.1 Å². The summed E-state index contributed by atoms with van der Waals surface area (Å²) in [5.74, 6) is 0. The zero-order chi connectivity index (χ0) is 13.8. The summed E-state index contributed by atoms with van der Waals surface area (Å²) in [6, 6.07) is 5.84. The van der Waals surface area contributed by atoms with Crippen molar-refractivity contribution < 1.29 is 4.74 Å². The van der Waals surface area contributed by atoms with Gasteiger partial charge in [-0.25, -0.2) is 0 Å². The maximum absolute atomic E-state index is 5.73. The fourth-order valence-corrected chi connectivity index (χ4v) is 3.28. The molecule has 1 saturated heterocycles. The Morgan fingerprint density at radius 2 is 2.35 bits per heavy atom. The Hall–Kier alpha value is -1.53. The fraction of sp³-hybridized carbons (Fsp3) is 0.500. The van der Waals surface area contributed by atoms with E-state index < -0.39 is 0 Å². The summed E-state index contributed by atoms with van der Waals surface area (Å²) in [6.07, 6.45) is 4.37. The van der Waals surface area contributed by atoms with Gasteiger partial charge in [-0.15, -0.1) is 10.2 Å². The molecule has 0 aliphatic carbocycles. The van der Waals surface area contributed by atoms with Crippen LogP contribution in [0.25, 0.3) is 10.7 Å². The van der Waals surface area contributed by atoms with Crippen molar-refractivity contribution in [3.8, 4) is 10.7 Å². The number of pyridine rings is 1. The van der Waals surface area contributed by atoms with Gasteiger partial charge >= 0.3 is 0 Å². The van der Waals surface area contributed by atoms with Crippen LogP contribution in [0.4, 0.5) is 5.13 Å². The second kappa shape index (κ2) is 6.28. The van der Waals surface area contributed by atoms with Crippen molar-refractivity contribution in [2.75, 3.05) is 24.6 Å². The van der Waals surface area contributed by atoms with E-state index in [0.717, 1.165) is 48.4 Å². The summed E-state index contributed by atoms with van der Waals surface area (Å²) in [5, 5.41) is 10.4. The number of ether oxygens (including phenoxy) is 1. The number of nitrogens with zero attached hydrogens (tertiary/aromatic N) is 4. The van der Waals surface area contributed by atoms with E-state index >= 15 is 0 Å². The molecule has 106 valence electrons. The summed E-state index contributed by atoms with van der Waals surface area (Å²) in [7, 11) is 0. The molecule has 3 rings (SSSR count). The molecule has 1 atom stereocenters. The van der Waals surface area contributed by atoms with Crippen LogP contribution in [0.2, 0.25) is 0 Å². The number of hydrogen-bond acceptors (Lipinski definition) is 6. The van der Waals surface area contributed by atoms with E-state index in [-0.39, 0.29) is 0 Å². The summed E-state index contributed by atoms with van der Waals surface area (Å²) >= 11 is 1.60. The van der Waals surface area contributed by atoms with Gasteiger partial charge in [0.05, 0.1) is 6.10 Å². The molecule has 1 fully saturated rings. The predicted molar refractivity (Wildman–Crippen MR) is 80.0 cm³/mol. The van der Waals surface area contributed by atoms with Crippen molar-refractivity contribution in [1.29, 1.82) is 0 Å². The van der Waals surface area contributed by atoms with Crippen LogP contribution in [-0.4, -0.2) is 41.0 Å². The molecule has 0 bridgehead atoms. The lowest BCUT2D eigenvalue weighted by Crippen LogP contribution is -2.39. The van der Waals surface area contributed by atoms with Crippen LogP contribution in [0.1, 0.15) is 19.8 Å². The Kier molecular flexibility index (Phi) is 4.22. The van der Waals surface area contributed by atoms with Gasteiger partial charge in [0.2, 0.25) is 5.13 Å². The van der Waals surface area contributed by atoms with Crippen molar-refractivity contribution >= 4 is 16.5 Å². The SMILES string of the molecule is CCOC1CCCN(c2nnc(-c3ccccn3)s2)C1. The van der Waals surface area contributed by atoms with Crippen molar-refractivity contribution in [3.63, 3.8) is 0 Å². The predicted octanol–water partition coefficient (Wildman–Crippen LogP) is 2.61. The Morgan fingerprint density at radius 3 is 3.15 bits per heavy atom. The minimum absolute atomic E-state index is 0.316. The maximum atomic E-state index is 5.73. The van der Waals surface area contributed by atoms with Crippen molar-refractivity contribution in [3.05, 3.63) is 24.4 Å². The average molecular weight is 290 g/mol. The lowest BCUT2D eigenvalue weighted by atomic mass is 10.1. The molecule has 1 unspecified atom stereocenters. The molecule has 6 heteroatoms. The minimum Gasteiger partial charge on any atom is -0.377 e. The van der Waals surface area contributed by atoms with E-state index in [1.165, 1.54) is 0 Å². The molecule has 0 N–H and O–H groups in total. The molecule has 3 heterocycles. The minimum atomic E-state index is 0.316. The number of aromatic nitrogens is 3. The van der Waals surface area contributed by atoms with Gasteiger partial charge in [0.25, 0.3) is 0 Å². The first kappa shape index (κ1) is 13.5. The van der Waals surface area contributed by atoms with E-state index in [4.69, 9.17) is 4.74 Å². The standard InChI is InChI=1S/C14H18N4OS/c1-2-19-11-6-5-9-18(10-11)14-17-16-13(20-14)12-7-3-4-8-15-12/h3-4,7-8,11H,2,5-6,9-10H2,1H3. The monoisotopic (exact) mass is 290 g/mol. The first-order valence-corrected chi connectivity index (χ1v) is 7.80. The Labute approximate surface area is 122 Å². The fourth-order valence-electron chi connectivity index (χ4n) is 2.42. The summed E-state index contributed by atoms with van der Waals surface area (Å²) in [4.78, 5) is 6.59. The van der Waals surface area contributed by atoms with Crippen molar-refractivity contribution in [1.82, 2.24) is 15.2 Å². The van der Waals surface area contributed by atoms with Gasteiger partial charge in [-0.05, 0) is 31.9 Å². The highest BCUT2D eigenvalue weighted by atomic mass is 32.1. The van der Waals surface area contributed by atoms with Gasteiger partial charge in [-0.1, -0.05) is 17.4 Å². The molecule has 0 spiro atoms. The largest absolute Gasteiger partial charge is 0.377 e. The zero-order valence-corrected chi connectivity index (χ0v) is 12.3. The van der Waals surface area contributed by atoms with Crippen molar-refractivity contribution in [2.24, 2.45) is 0 Å². The maximum Gasteiger partial charge on any atom is 0.208 e. The second-order valence-corrected chi connectivity index (χ2v) is 5.73. The Balaban J connectivity index is 1.73. The first-order valence-electron chi connectivity index (χ1n) is 6.98. The molecule has 0 saturated carbocycles. The molecular weight excluding hydrogens is 272 g/mol. The number of rotatable bonds is 4. The molecule has 0 amide bonds. The van der Waals surface area contributed by atoms with Crippen molar-refractivity contribution in [2.45, 2.75) is 25.9 Å². The van der Waals surface area contributed by atoms with E-state index in [1.807, 2.05) is 25.1 Å². The molecule has 0 aromatic carbocycles. The Bertz CT molecular complexity index is 543. The molecule has 5 nitrogen and oxygen atoms in total. The van der Waals surface area contributed by atoms with Gasteiger partial charge in [0.15, 0.2) is 5.01 Å². The van der Waals surface area contributed by atoms with Gasteiger partial charge < -0.3 is 9.64 Å². The highest BCUT2D eigenvalue weighted by Gasteiger charge is 2.23. The van der Waals surface area contributed by atoms with E-state index in [2.05, 4.69) is 20.1 Å². The normalized spacial score (nSPS) is 19.2. The quantitative estimate of drug-likeness (QED) is 0.866. The van der Waals surface area contributed by atoms with E-state index in [9.17, 15) is 0 Å². The lowest BCUT2D eigenvalue weighted by Gasteiger charge is -2.31. The van der Waals surface area contributed by atoms with Crippen LogP contribution >= 0.6 is 11.3 Å². The lowest BCUT2D eigenvalue weighted by molar-refractivity contribution is 0.0526. The van der Waals surface area contributed by atoms with Crippen LogP contribution in [0, 0.1) is 0 Å². The molecule has 2 aromatic rings. The highest BCUT2D eigenvalue weighted by molar-refractivity contribution is 7.18. The van der Waals surface area contributed by atoms with Gasteiger partial charge in [0.1, 0.15) is 5.69 Å². The molecule has 2 aromatic heterocycles. The molecule has 1 aliphatic heterocycles. The third kappa shape index (κ3) is 2.96. The average Bonchev–Trinajstić information content (AvgIpc) is 2.99. The van der Waals surface area contributed by atoms with Crippen LogP contribution in [0.15, 0.2) is 24.4 Å². The van der Waals surface area contributed by atoms with Gasteiger partial charge in [-0.2, -0.15) is 0 Å². The third-order valence-electron chi connectivity index (χ3n) is 3.35. The Morgan fingerprint density at radius 1 is 1.40 bits per heavy atom. The second-order valence-electron chi connectivity index (χ2n) is 4.77. The van der Waals surface area contributed by atoms with Gasteiger partial charge in [-0.3, -0.25) is 4.98 Å². The summed E-state index contributed by atoms with van der Waals surface area (Å²) in [5.41, 5.74) is 0.884. The highest BCUT2D eigenvalue weighted by Crippen LogP contribution is 2.29. The summed E-state index contributed by atoms with van der Waals surface area (Å²) < 4.78 is 5.73. The molecular formula is C14H18N4OS. The first-order chi connectivity index (χ1) is 9.86. The summed E-state index contributed by atoms with van der Waals surface area (Å²) in [6.45, 7) is 4.75. The van der Waals surface area contributed by atoms with Crippen LogP contribution in [0.5, 0.6) is 0 Å². The number of anilines is 1. The van der Waals surface area contributed by atoms with Crippen LogP contribution in [-0.2, 0) is 4.74 Å².